The van der Waals surface area contributed by atoms with E-state index < -0.39 is 22.0 Å². The van der Waals surface area contributed by atoms with Gasteiger partial charge in [0.25, 0.3) is 22.7 Å². The zero-order valence-electron chi connectivity index (χ0n) is 15.9. The molecular weight excluding hydrogens is 426 g/mol. The van der Waals surface area contributed by atoms with Gasteiger partial charge in [-0.2, -0.15) is 0 Å². The third-order valence-electron chi connectivity index (χ3n) is 4.53. The van der Waals surface area contributed by atoms with E-state index in [0.717, 1.165) is 16.7 Å². The first kappa shape index (κ1) is 20.4. The van der Waals surface area contributed by atoms with E-state index in [0.29, 0.717) is 17.1 Å². The lowest BCUT2D eigenvalue weighted by atomic mass is 10.2. The monoisotopic (exact) mass is 441 g/mol. The molecule has 3 amide bonds. The van der Waals surface area contributed by atoms with Crippen LogP contribution < -0.4 is 14.8 Å². The molecular formula is C20H15N3O7S. The lowest BCUT2D eigenvalue weighted by molar-refractivity contribution is -0.384. The van der Waals surface area contributed by atoms with Crippen LogP contribution in [0.4, 0.5) is 10.5 Å². The molecule has 2 aromatic rings. The Bertz CT molecular complexity index is 1110. The Hall–Kier alpha value is -3.86. The molecule has 2 aromatic carbocycles. The number of nitrogens with zero attached hydrogens (tertiary/aromatic N) is 2. The van der Waals surface area contributed by atoms with Crippen LogP contribution in [0.25, 0.3) is 6.08 Å². The smallest absolute Gasteiger partial charge is 0.293 e. The Morgan fingerprint density at radius 3 is 2.65 bits per heavy atom. The predicted octanol–water partition coefficient (Wildman–Crippen LogP) is 2.79. The van der Waals surface area contributed by atoms with Gasteiger partial charge in [-0.15, -0.1) is 0 Å². The first-order valence-electron chi connectivity index (χ1n) is 9.10. The average Bonchev–Trinajstić information content (AvgIpc) is 3.33. The van der Waals surface area contributed by atoms with Crippen molar-refractivity contribution in [2.24, 2.45) is 0 Å². The van der Waals surface area contributed by atoms with E-state index in [1.807, 2.05) is 0 Å². The maximum absolute atomic E-state index is 12.6. The number of rotatable bonds is 6. The summed E-state index contributed by atoms with van der Waals surface area (Å²) in [7, 11) is 0. The number of imide groups is 1. The van der Waals surface area contributed by atoms with Crippen LogP contribution in [0.15, 0.2) is 47.4 Å². The number of carbonyl (C=O) groups excluding carboxylic acids is 3. The van der Waals surface area contributed by atoms with Gasteiger partial charge >= 0.3 is 0 Å². The van der Waals surface area contributed by atoms with Gasteiger partial charge in [0.15, 0.2) is 11.5 Å². The summed E-state index contributed by atoms with van der Waals surface area (Å²) in [5.74, 6) is 0.283. The Labute approximate surface area is 180 Å². The first-order chi connectivity index (χ1) is 14.9. The molecule has 2 aliphatic rings. The van der Waals surface area contributed by atoms with Gasteiger partial charge in [0.05, 0.1) is 9.83 Å². The molecule has 10 nitrogen and oxygen atoms in total. The third-order valence-corrected chi connectivity index (χ3v) is 5.44. The largest absolute Gasteiger partial charge is 0.454 e. The maximum Gasteiger partial charge on any atom is 0.293 e. The van der Waals surface area contributed by atoms with Gasteiger partial charge in [0.2, 0.25) is 6.79 Å². The lowest BCUT2D eigenvalue weighted by Crippen LogP contribution is -2.37. The Morgan fingerprint density at radius 1 is 1.16 bits per heavy atom. The van der Waals surface area contributed by atoms with Crippen LogP contribution in [0.5, 0.6) is 11.5 Å². The summed E-state index contributed by atoms with van der Waals surface area (Å²) in [5.41, 5.74) is 0.812. The zero-order chi connectivity index (χ0) is 22.0. The quantitative estimate of drug-likeness (QED) is 0.412. The van der Waals surface area contributed by atoms with Crippen molar-refractivity contribution in [1.82, 2.24) is 10.2 Å². The summed E-state index contributed by atoms with van der Waals surface area (Å²) in [6, 6.07) is 10.3. The van der Waals surface area contributed by atoms with Gasteiger partial charge < -0.3 is 14.8 Å². The molecule has 0 saturated carbocycles. The highest BCUT2D eigenvalue weighted by atomic mass is 32.2. The van der Waals surface area contributed by atoms with E-state index >= 15 is 0 Å². The zero-order valence-corrected chi connectivity index (χ0v) is 16.7. The molecule has 4 rings (SSSR count). The number of ether oxygens (including phenoxy) is 2. The van der Waals surface area contributed by atoms with Gasteiger partial charge in [0.1, 0.15) is 0 Å². The molecule has 0 aliphatic carbocycles. The van der Waals surface area contributed by atoms with Crippen LogP contribution in [-0.2, 0) is 4.79 Å². The average molecular weight is 441 g/mol. The third kappa shape index (κ3) is 4.36. The van der Waals surface area contributed by atoms with Crippen molar-refractivity contribution in [2.45, 2.75) is 0 Å². The van der Waals surface area contributed by atoms with Crippen LogP contribution >= 0.6 is 11.8 Å². The number of hydrogen-bond donors (Lipinski definition) is 1. The number of benzene rings is 2. The molecule has 11 heteroatoms. The molecule has 0 unspecified atom stereocenters. The Kier molecular flexibility index (Phi) is 5.58. The summed E-state index contributed by atoms with van der Waals surface area (Å²) >= 11 is 0.819. The van der Waals surface area contributed by atoms with Crippen molar-refractivity contribution in [3.05, 3.63) is 68.6 Å². The van der Waals surface area contributed by atoms with Gasteiger partial charge in [-0.05, 0) is 47.7 Å². The van der Waals surface area contributed by atoms with E-state index in [-0.39, 0.29) is 36.0 Å². The predicted molar refractivity (Wildman–Crippen MR) is 111 cm³/mol. The SMILES string of the molecule is O=C(NCCN1C(=O)S/C(=C\c2ccc3c(c2)OCO3)C1=O)c1ccc([N+](=O)[O-])cc1. The number of thioether (sulfide) groups is 1. The first-order valence-corrected chi connectivity index (χ1v) is 9.92. The molecule has 2 heterocycles. The normalized spacial score (nSPS) is 16.1. The molecule has 31 heavy (non-hydrogen) atoms. The minimum atomic E-state index is -0.557. The summed E-state index contributed by atoms with van der Waals surface area (Å²) < 4.78 is 10.6. The molecule has 0 radical (unpaired) electrons. The number of amides is 3. The number of nitrogens with one attached hydrogen (secondary N) is 1. The number of nitro groups is 1. The minimum Gasteiger partial charge on any atom is -0.454 e. The summed E-state index contributed by atoms with van der Waals surface area (Å²) in [4.78, 5) is 48.4. The Morgan fingerprint density at radius 2 is 1.90 bits per heavy atom. The highest BCUT2D eigenvalue weighted by Crippen LogP contribution is 2.36. The van der Waals surface area contributed by atoms with Crippen molar-refractivity contribution in [1.29, 1.82) is 0 Å². The van der Waals surface area contributed by atoms with E-state index in [2.05, 4.69) is 5.32 Å². The highest BCUT2D eigenvalue weighted by molar-refractivity contribution is 8.18. The van der Waals surface area contributed by atoms with E-state index in [1.165, 1.54) is 24.3 Å². The van der Waals surface area contributed by atoms with E-state index in [4.69, 9.17) is 9.47 Å². The second kappa shape index (κ2) is 8.48. The number of non-ortho nitro benzene ring substituents is 1. The van der Waals surface area contributed by atoms with E-state index in [9.17, 15) is 24.5 Å². The molecule has 158 valence electrons. The van der Waals surface area contributed by atoms with Crippen LogP contribution in [-0.4, -0.2) is 46.8 Å². The van der Waals surface area contributed by atoms with Gasteiger partial charge in [-0.3, -0.25) is 29.4 Å². The number of hydrogen-bond acceptors (Lipinski definition) is 8. The van der Waals surface area contributed by atoms with Crippen LogP contribution in [0.2, 0.25) is 0 Å². The molecule has 1 fully saturated rings. The van der Waals surface area contributed by atoms with Crippen molar-refractivity contribution in [3.63, 3.8) is 0 Å². The molecule has 0 bridgehead atoms. The standard InChI is InChI=1S/C20H15N3O7S/c24-18(13-2-4-14(5-3-13)23(27)28)21-7-8-22-19(25)17(31-20(22)26)10-12-1-6-15-16(9-12)30-11-29-15/h1-6,9-10H,7-8,11H2,(H,21,24)/b17-10-. The van der Waals surface area contributed by atoms with Crippen molar-refractivity contribution in [3.8, 4) is 11.5 Å². The number of nitro benzene ring substituents is 1. The lowest BCUT2D eigenvalue weighted by Gasteiger charge is -2.13. The number of fused-ring (bicyclic) bond motifs is 1. The van der Waals surface area contributed by atoms with Crippen molar-refractivity contribution >= 4 is 40.6 Å². The molecule has 0 atom stereocenters. The van der Waals surface area contributed by atoms with Crippen molar-refractivity contribution < 1.29 is 28.8 Å². The molecule has 2 aliphatic heterocycles. The molecule has 1 N–H and O–H groups in total. The second-order valence-electron chi connectivity index (χ2n) is 6.51. The molecule has 1 saturated heterocycles. The van der Waals surface area contributed by atoms with Crippen LogP contribution in [0.3, 0.4) is 0 Å². The minimum absolute atomic E-state index is 0.00185. The summed E-state index contributed by atoms with van der Waals surface area (Å²) in [6.07, 6.45) is 1.60. The topological polar surface area (TPSA) is 128 Å². The van der Waals surface area contributed by atoms with Gasteiger partial charge in [0, 0.05) is 30.8 Å². The van der Waals surface area contributed by atoms with Gasteiger partial charge in [-0.25, -0.2) is 0 Å². The van der Waals surface area contributed by atoms with E-state index in [1.54, 1.807) is 24.3 Å². The molecule has 0 aromatic heterocycles. The number of carbonyl (C=O) groups is 3. The maximum atomic E-state index is 12.6. The fourth-order valence-electron chi connectivity index (χ4n) is 2.96. The van der Waals surface area contributed by atoms with Gasteiger partial charge in [-0.1, -0.05) is 6.07 Å². The second-order valence-corrected chi connectivity index (χ2v) is 7.50. The van der Waals surface area contributed by atoms with Crippen LogP contribution in [0, 0.1) is 10.1 Å². The van der Waals surface area contributed by atoms with Crippen LogP contribution in [0.1, 0.15) is 15.9 Å². The summed E-state index contributed by atoms with van der Waals surface area (Å²) in [6.45, 7) is 0.188. The molecule has 0 spiro atoms. The fraction of sp³-hybridized carbons (Fsp3) is 0.150. The van der Waals surface area contributed by atoms with Crippen molar-refractivity contribution in [2.75, 3.05) is 19.9 Å². The highest BCUT2D eigenvalue weighted by Gasteiger charge is 2.34. The fourth-order valence-corrected chi connectivity index (χ4v) is 3.83. The summed E-state index contributed by atoms with van der Waals surface area (Å²) in [5, 5.41) is 12.8. The Balaban J connectivity index is 1.35.